The van der Waals surface area contributed by atoms with Crippen molar-refractivity contribution in [1.82, 2.24) is 14.9 Å². The van der Waals surface area contributed by atoms with E-state index in [1.165, 1.54) is 43.5 Å². The summed E-state index contributed by atoms with van der Waals surface area (Å²) in [6, 6.07) is 15.0. The molecule has 1 aliphatic carbocycles. The standard InChI is InChI=1S/C26H27N3O3/c1-32-25-14-27-13-24(28-25)26(31)29-11-10-19(15-29)21-9-8-18(12-20(21)16-30)23-5-3-2-4-22(23)17-6-7-17/h2-5,8-9,12-14,17,19,30H,6-7,10-11,15-16H2,1H3/t19-/m0/s1. The summed E-state index contributed by atoms with van der Waals surface area (Å²) in [4.78, 5) is 23.0. The Kier molecular flexibility index (Phi) is 5.62. The van der Waals surface area contributed by atoms with Crippen molar-refractivity contribution >= 4 is 5.91 Å². The maximum Gasteiger partial charge on any atom is 0.274 e. The molecule has 1 saturated heterocycles. The third kappa shape index (κ3) is 3.98. The molecule has 1 N–H and O–H groups in total. The lowest BCUT2D eigenvalue weighted by atomic mass is 9.89. The van der Waals surface area contributed by atoms with E-state index in [9.17, 15) is 9.90 Å². The fourth-order valence-corrected chi connectivity index (χ4v) is 4.73. The number of carbonyl (C=O) groups excluding carboxylic acids is 1. The van der Waals surface area contributed by atoms with E-state index in [0.29, 0.717) is 30.6 Å². The molecule has 1 saturated carbocycles. The number of carbonyl (C=O) groups is 1. The summed E-state index contributed by atoms with van der Waals surface area (Å²) in [5.74, 6) is 1.04. The van der Waals surface area contributed by atoms with Crippen molar-refractivity contribution in [3.05, 3.63) is 77.2 Å². The molecule has 2 fully saturated rings. The molecular weight excluding hydrogens is 402 g/mol. The number of hydrogen-bond acceptors (Lipinski definition) is 5. The highest BCUT2D eigenvalue weighted by molar-refractivity contribution is 5.92. The van der Waals surface area contributed by atoms with Crippen LogP contribution in [0.15, 0.2) is 54.9 Å². The van der Waals surface area contributed by atoms with Crippen molar-refractivity contribution in [3.8, 4) is 17.0 Å². The van der Waals surface area contributed by atoms with Gasteiger partial charge in [0.25, 0.3) is 5.91 Å². The SMILES string of the molecule is COc1cncc(C(=O)N2CC[C@H](c3ccc(-c4ccccc4C4CC4)cc3CO)C2)n1. The molecule has 6 nitrogen and oxygen atoms in total. The Hall–Kier alpha value is -3.25. The molecule has 1 aliphatic heterocycles. The van der Waals surface area contributed by atoms with E-state index < -0.39 is 0 Å². The van der Waals surface area contributed by atoms with Crippen LogP contribution in [0.5, 0.6) is 5.88 Å². The lowest BCUT2D eigenvalue weighted by molar-refractivity contribution is 0.0783. The number of hydrogen-bond donors (Lipinski definition) is 1. The largest absolute Gasteiger partial charge is 0.480 e. The third-order valence-electron chi connectivity index (χ3n) is 6.56. The molecule has 0 spiro atoms. The molecule has 0 bridgehead atoms. The van der Waals surface area contributed by atoms with Gasteiger partial charge in [0.15, 0.2) is 5.69 Å². The van der Waals surface area contributed by atoms with Crippen LogP contribution in [0.3, 0.4) is 0 Å². The lowest BCUT2D eigenvalue weighted by Crippen LogP contribution is -2.29. The van der Waals surface area contributed by atoms with Gasteiger partial charge in [0.05, 0.1) is 26.1 Å². The summed E-state index contributed by atoms with van der Waals surface area (Å²) in [7, 11) is 1.51. The van der Waals surface area contributed by atoms with Crippen LogP contribution in [-0.4, -0.2) is 46.1 Å². The quantitative estimate of drug-likeness (QED) is 0.637. The van der Waals surface area contributed by atoms with Crippen LogP contribution in [0.2, 0.25) is 0 Å². The Morgan fingerprint density at radius 3 is 2.72 bits per heavy atom. The summed E-state index contributed by atoms with van der Waals surface area (Å²) in [5.41, 5.74) is 6.16. The molecular formula is C26H27N3O3. The van der Waals surface area contributed by atoms with Gasteiger partial charge in [-0.2, -0.15) is 0 Å². The van der Waals surface area contributed by atoms with Crippen molar-refractivity contribution in [1.29, 1.82) is 0 Å². The molecule has 5 rings (SSSR count). The fourth-order valence-electron chi connectivity index (χ4n) is 4.73. The maximum atomic E-state index is 12.9. The van der Waals surface area contributed by atoms with Crippen LogP contribution in [0, 0.1) is 0 Å². The average molecular weight is 430 g/mol. The molecule has 6 heteroatoms. The molecule has 164 valence electrons. The van der Waals surface area contributed by atoms with E-state index in [4.69, 9.17) is 4.74 Å². The number of likely N-dealkylation sites (tertiary alicyclic amines) is 1. The summed E-state index contributed by atoms with van der Waals surface area (Å²) in [6.45, 7) is 1.24. The summed E-state index contributed by atoms with van der Waals surface area (Å²) < 4.78 is 5.09. The van der Waals surface area contributed by atoms with Gasteiger partial charge in [0, 0.05) is 19.0 Å². The summed E-state index contributed by atoms with van der Waals surface area (Å²) in [6.07, 6.45) is 6.33. The molecule has 0 unspecified atom stereocenters. The van der Waals surface area contributed by atoms with Gasteiger partial charge in [0.2, 0.25) is 5.88 Å². The number of aliphatic hydroxyl groups is 1. The average Bonchev–Trinajstić information content (AvgIpc) is 3.59. The van der Waals surface area contributed by atoms with Crippen LogP contribution in [-0.2, 0) is 6.61 Å². The Morgan fingerprint density at radius 2 is 1.94 bits per heavy atom. The zero-order valence-electron chi connectivity index (χ0n) is 18.2. The van der Waals surface area contributed by atoms with Gasteiger partial charge in [-0.05, 0) is 59.1 Å². The lowest BCUT2D eigenvalue weighted by Gasteiger charge is -2.19. The van der Waals surface area contributed by atoms with Gasteiger partial charge in [-0.3, -0.25) is 9.78 Å². The molecule has 3 aromatic rings. The van der Waals surface area contributed by atoms with E-state index in [-0.39, 0.29) is 18.4 Å². The predicted molar refractivity (Wildman–Crippen MR) is 122 cm³/mol. The van der Waals surface area contributed by atoms with Crippen molar-refractivity contribution in [2.45, 2.75) is 37.7 Å². The normalized spacial score (nSPS) is 18.1. The molecule has 1 atom stereocenters. The molecule has 2 heterocycles. The molecule has 1 aromatic heterocycles. The van der Waals surface area contributed by atoms with Crippen molar-refractivity contribution in [2.24, 2.45) is 0 Å². The number of ether oxygens (including phenoxy) is 1. The molecule has 1 amide bonds. The number of benzene rings is 2. The maximum absolute atomic E-state index is 12.9. The van der Waals surface area contributed by atoms with Crippen LogP contribution in [0.1, 0.15) is 58.3 Å². The minimum Gasteiger partial charge on any atom is -0.480 e. The van der Waals surface area contributed by atoms with Crippen molar-refractivity contribution in [2.75, 3.05) is 20.2 Å². The highest BCUT2D eigenvalue weighted by atomic mass is 16.5. The van der Waals surface area contributed by atoms with Gasteiger partial charge in [-0.1, -0.05) is 36.4 Å². The van der Waals surface area contributed by atoms with E-state index in [0.717, 1.165) is 23.1 Å². The summed E-state index contributed by atoms with van der Waals surface area (Å²) >= 11 is 0. The van der Waals surface area contributed by atoms with Gasteiger partial charge in [0.1, 0.15) is 0 Å². The Labute approximate surface area is 187 Å². The second-order valence-electron chi connectivity index (χ2n) is 8.62. The number of amides is 1. The van der Waals surface area contributed by atoms with E-state index >= 15 is 0 Å². The highest BCUT2D eigenvalue weighted by Crippen LogP contribution is 2.44. The zero-order chi connectivity index (χ0) is 22.1. The van der Waals surface area contributed by atoms with E-state index in [2.05, 4.69) is 52.4 Å². The Morgan fingerprint density at radius 1 is 1.09 bits per heavy atom. The predicted octanol–water partition coefficient (Wildman–Crippen LogP) is 4.15. The minimum atomic E-state index is -0.139. The topological polar surface area (TPSA) is 75.5 Å². The second-order valence-corrected chi connectivity index (χ2v) is 8.62. The monoisotopic (exact) mass is 429 g/mol. The first-order valence-electron chi connectivity index (χ1n) is 11.2. The van der Waals surface area contributed by atoms with Crippen LogP contribution >= 0.6 is 0 Å². The number of nitrogens with zero attached hydrogens (tertiary/aromatic N) is 3. The first kappa shape index (κ1) is 20.6. The van der Waals surface area contributed by atoms with E-state index in [1.54, 1.807) is 0 Å². The first-order chi connectivity index (χ1) is 15.7. The van der Waals surface area contributed by atoms with Crippen molar-refractivity contribution in [3.63, 3.8) is 0 Å². The molecule has 2 aromatic carbocycles. The van der Waals surface area contributed by atoms with Gasteiger partial charge in [-0.25, -0.2) is 4.98 Å². The summed E-state index contributed by atoms with van der Waals surface area (Å²) in [5, 5.41) is 10.1. The first-order valence-corrected chi connectivity index (χ1v) is 11.2. The third-order valence-corrected chi connectivity index (χ3v) is 6.56. The molecule has 32 heavy (non-hydrogen) atoms. The van der Waals surface area contributed by atoms with Crippen LogP contribution < -0.4 is 4.74 Å². The number of rotatable bonds is 6. The number of aliphatic hydroxyl groups excluding tert-OH is 1. The van der Waals surface area contributed by atoms with Gasteiger partial charge in [-0.15, -0.1) is 0 Å². The van der Waals surface area contributed by atoms with Crippen molar-refractivity contribution < 1.29 is 14.6 Å². The Bertz CT molecular complexity index is 1140. The van der Waals surface area contributed by atoms with Crippen LogP contribution in [0.25, 0.3) is 11.1 Å². The molecule has 0 radical (unpaired) electrons. The number of methoxy groups -OCH3 is 1. The molecule has 2 aliphatic rings. The van der Waals surface area contributed by atoms with E-state index in [1.807, 2.05) is 4.90 Å². The van der Waals surface area contributed by atoms with Gasteiger partial charge < -0.3 is 14.7 Å². The smallest absolute Gasteiger partial charge is 0.274 e. The fraction of sp³-hybridized carbons (Fsp3) is 0.346. The minimum absolute atomic E-state index is 0.0133. The van der Waals surface area contributed by atoms with Gasteiger partial charge >= 0.3 is 0 Å². The highest BCUT2D eigenvalue weighted by Gasteiger charge is 2.31. The zero-order valence-corrected chi connectivity index (χ0v) is 18.2. The second kappa shape index (κ2) is 8.71. The number of aromatic nitrogens is 2. The Balaban J connectivity index is 1.37. The van der Waals surface area contributed by atoms with Crippen LogP contribution in [0.4, 0.5) is 0 Å².